The molecule has 0 aliphatic heterocycles. The predicted octanol–water partition coefficient (Wildman–Crippen LogP) is 5.08. The topological polar surface area (TPSA) is 76.1 Å². The minimum Gasteiger partial charge on any atom is -0.438 e. The lowest BCUT2D eigenvalue weighted by atomic mass is 9.82. The quantitative estimate of drug-likeness (QED) is 0.552. The Morgan fingerprint density at radius 1 is 0.968 bits per heavy atom. The highest BCUT2D eigenvalue weighted by atomic mass is 16.5. The van der Waals surface area contributed by atoms with Gasteiger partial charge in [-0.2, -0.15) is 0 Å². The van der Waals surface area contributed by atoms with Gasteiger partial charge in [-0.05, 0) is 61.4 Å². The highest BCUT2D eigenvalue weighted by Gasteiger charge is 2.32. The molecule has 1 saturated carbocycles. The van der Waals surface area contributed by atoms with Gasteiger partial charge in [-0.1, -0.05) is 31.2 Å². The summed E-state index contributed by atoms with van der Waals surface area (Å²) < 4.78 is 5.92. The zero-order valence-corrected chi connectivity index (χ0v) is 17.2. The third-order valence-electron chi connectivity index (χ3n) is 5.36. The largest absolute Gasteiger partial charge is 0.438 e. The molecular weight excluding hydrogens is 388 g/mol. The Bertz CT molecular complexity index is 1070. The van der Waals surface area contributed by atoms with Crippen molar-refractivity contribution in [2.24, 2.45) is 0 Å². The van der Waals surface area contributed by atoms with E-state index in [1.165, 1.54) is 0 Å². The average molecular weight is 412 g/mol. The molecule has 0 bridgehead atoms. The lowest BCUT2D eigenvalue weighted by Gasteiger charge is -2.33. The third-order valence-corrected chi connectivity index (χ3v) is 5.36. The number of hydrogen-bond donors (Lipinski definition) is 2. The number of pyridine rings is 2. The molecule has 1 aliphatic rings. The van der Waals surface area contributed by atoms with Crippen LogP contribution in [0, 0.1) is 12.3 Å². The van der Waals surface area contributed by atoms with Crippen LogP contribution in [0.3, 0.4) is 0 Å². The number of benzene rings is 1. The minimum absolute atomic E-state index is 0.244. The summed E-state index contributed by atoms with van der Waals surface area (Å²) in [5, 5.41) is 6.26. The van der Waals surface area contributed by atoms with Gasteiger partial charge < -0.3 is 15.4 Å². The second kappa shape index (κ2) is 9.31. The molecule has 2 N–H and O–H groups in total. The molecule has 0 spiro atoms. The number of hydrogen-bond acceptors (Lipinski definition) is 5. The first-order valence-corrected chi connectivity index (χ1v) is 10.4. The fraction of sp³-hybridized carbons (Fsp3) is 0.240. The maximum atomic E-state index is 13.0. The smallest absolute Gasteiger partial charge is 0.257 e. The Labute approximate surface area is 182 Å². The van der Waals surface area contributed by atoms with E-state index in [1.54, 1.807) is 24.5 Å². The number of amides is 1. The molecule has 6 nitrogen and oxygen atoms in total. The van der Waals surface area contributed by atoms with Gasteiger partial charge in [0.2, 0.25) is 5.88 Å². The van der Waals surface area contributed by atoms with Crippen LogP contribution in [0.1, 0.15) is 42.5 Å². The summed E-state index contributed by atoms with van der Waals surface area (Å²) >= 11 is 0. The third kappa shape index (κ3) is 5.01. The van der Waals surface area contributed by atoms with E-state index in [1.807, 2.05) is 42.5 Å². The van der Waals surface area contributed by atoms with Crippen LogP contribution in [-0.2, 0) is 0 Å². The maximum Gasteiger partial charge on any atom is 0.257 e. The van der Waals surface area contributed by atoms with Crippen molar-refractivity contribution in [2.45, 2.75) is 37.6 Å². The Hall–Kier alpha value is -3.85. The number of aromatic nitrogens is 2. The summed E-state index contributed by atoms with van der Waals surface area (Å²) in [5.41, 5.74) is 0.637. The molecule has 6 heteroatoms. The van der Waals surface area contributed by atoms with Crippen LogP contribution in [0.15, 0.2) is 67.0 Å². The van der Waals surface area contributed by atoms with Crippen molar-refractivity contribution in [1.29, 1.82) is 0 Å². The van der Waals surface area contributed by atoms with Gasteiger partial charge in [-0.15, -0.1) is 6.42 Å². The van der Waals surface area contributed by atoms with Crippen LogP contribution < -0.4 is 15.4 Å². The molecule has 0 saturated heterocycles. The van der Waals surface area contributed by atoms with E-state index in [4.69, 9.17) is 11.2 Å². The van der Waals surface area contributed by atoms with Crippen molar-refractivity contribution in [3.05, 3.63) is 72.6 Å². The minimum atomic E-state index is -0.596. The van der Waals surface area contributed by atoms with E-state index >= 15 is 0 Å². The van der Waals surface area contributed by atoms with Crippen molar-refractivity contribution >= 4 is 17.4 Å². The Morgan fingerprint density at radius 2 is 1.74 bits per heavy atom. The number of carbonyl (C=O) groups excluding carboxylic acids is 1. The number of nitrogens with zero attached hydrogens (tertiary/aromatic N) is 2. The molecular formula is C25H24N4O2. The molecule has 2 aromatic heterocycles. The molecule has 3 aromatic rings. The number of nitrogens with one attached hydrogen (secondary N) is 2. The van der Waals surface area contributed by atoms with Gasteiger partial charge in [-0.25, -0.2) is 9.97 Å². The van der Waals surface area contributed by atoms with Crippen molar-refractivity contribution in [3.8, 4) is 24.0 Å². The van der Waals surface area contributed by atoms with Crippen molar-refractivity contribution < 1.29 is 9.53 Å². The molecule has 0 atom stereocenters. The van der Waals surface area contributed by atoms with E-state index < -0.39 is 5.54 Å². The molecule has 4 rings (SSSR count). The second-order valence-corrected chi connectivity index (χ2v) is 7.56. The number of ether oxygens (including phenoxy) is 1. The van der Waals surface area contributed by atoms with E-state index in [0.29, 0.717) is 11.3 Å². The summed E-state index contributed by atoms with van der Waals surface area (Å²) in [6, 6.07) is 16.5. The van der Waals surface area contributed by atoms with Crippen LogP contribution >= 0.6 is 0 Å². The molecule has 1 amide bonds. The van der Waals surface area contributed by atoms with Crippen molar-refractivity contribution in [3.63, 3.8) is 0 Å². The number of terminal acetylenes is 1. The van der Waals surface area contributed by atoms with Gasteiger partial charge in [0, 0.05) is 18.1 Å². The highest BCUT2D eigenvalue weighted by Crippen LogP contribution is 2.29. The van der Waals surface area contributed by atoms with Crippen molar-refractivity contribution in [2.75, 3.05) is 5.32 Å². The molecule has 1 aliphatic carbocycles. The zero-order chi connectivity index (χ0) is 21.5. The summed E-state index contributed by atoms with van der Waals surface area (Å²) in [5.74, 6) is 4.11. The molecule has 31 heavy (non-hydrogen) atoms. The lowest BCUT2D eigenvalue weighted by Crippen LogP contribution is -2.48. The average Bonchev–Trinajstić information content (AvgIpc) is 2.82. The van der Waals surface area contributed by atoms with Gasteiger partial charge in [0.1, 0.15) is 22.7 Å². The molecule has 156 valence electrons. The van der Waals surface area contributed by atoms with Gasteiger partial charge in [0.15, 0.2) is 0 Å². The van der Waals surface area contributed by atoms with Crippen LogP contribution in [0.25, 0.3) is 0 Å². The molecule has 0 unspecified atom stereocenters. The lowest BCUT2D eigenvalue weighted by molar-refractivity contribution is 0.0901. The second-order valence-electron chi connectivity index (χ2n) is 7.56. The molecule has 1 aromatic carbocycles. The number of rotatable bonds is 6. The van der Waals surface area contributed by atoms with Gasteiger partial charge in [-0.3, -0.25) is 4.79 Å². The molecule has 0 radical (unpaired) electrons. The Balaban J connectivity index is 1.47. The van der Waals surface area contributed by atoms with E-state index in [-0.39, 0.29) is 11.8 Å². The summed E-state index contributed by atoms with van der Waals surface area (Å²) in [4.78, 5) is 21.5. The fourth-order valence-electron chi connectivity index (χ4n) is 3.69. The summed E-state index contributed by atoms with van der Waals surface area (Å²) in [7, 11) is 0. The fourth-order valence-corrected chi connectivity index (χ4v) is 3.69. The Kier molecular flexibility index (Phi) is 6.13. The van der Waals surface area contributed by atoms with Crippen LogP contribution in [0.2, 0.25) is 0 Å². The number of anilines is 2. The summed E-state index contributed by atoms with van der Waals surface area (Å²) in [6.07, 6.45) is 13.8. The zero-order valence-electron chi connectivity index (χ0n) is 17.2. The van der Waals surface area contributed by atoms with Crippen LogP contribution in [0.4, 0.5) is 11.5 Å². The van der Waals surface area contributed by atoms with Gasteiger partial charge in [0.05, 0.1) is 0 Å². The SMILES string of the molecule is C#CC1(NC(=O)c2cccnc2Oc2ccc(Nc3ccccn3)cc2)CCCCC1. The maximum absolute atomic E-state index is 13.0. The van der Waals surface area contributed by atoms with E-state index in [9.17, 15) is 4.79 Å². The van der Waals surface area contributed by atoms with E-state index in [2.05, 4.69) is 26.5 Å². The molecule has 1 fully saturated rings. The Morgan fingerprint density at radius 3 is 2.45 bits per heavy atom. The van der Waals surface area contributed by atoms with Crippen molar-refractivity contribution in [1.82, 2.24) is 15.3 Å². The standard InChI is InChI=1S/C25H24N4O2/c1-2-25(15-5-3-6-16-25)29-23(30)21-9-8-18-27-24(21)31-20-13-11-19(12-14-20)28-22-10-4-7-17-26-22/h1,4,7-14,17-18H,3,5-6,15-16H2,(H,26,28)(H,29,30). The van der Waals surface area contributed by atoms with Crippen LogP contribution in [0.5, 0.6) is 11.6 Å². The highest BCUT2D eigenvalue weighted by molar-refractivity contribution is 5.97. The van der Waals surface area contributed by atoms with Gasteiger partial charge >= 0.3 is 0 Å². The molecule has 2 heterocycles. The van der Waals surface area contributed by atoms with E-state index in [0.717, 1.165) is 43.6 Å². The first-order chi connectivity index (χ1) is 15.2. The van der Waals surface area contributed by atoms with Crippen LogP contribution in [-0.4, -0.2) is 21.4 Å². The first-order valence-electron chi connectivity index (χ1n) is 10.4. The van der Waals surface area contributed by atoms with Gasteiger partial charge in [0.25, 0.3) is 5.91 Å². The normalized spacial score (nSPS) is 14.8. The predicted molar refractivity (Wildman–Crippen MR) is 120 cm³/mol. The first kappa shape index (κ1) is 20.4. The number of carbonyl (C=O) groups is 1. The monoisotopic (exact) mass is 412 g/mol. The summed E-state index contributed by atoms with van der Waals surface area (Å²) in [6.45, 7) is 0.